The van der Waals surface area contributed by atoms with Gasteiger partial charge in [-0.25, -0.2) is 0 Å². The van der Waals surface area contributed by atoms with E-state index in [9.17, 15) is 10.2 Å². The molecule has 3 aromatic carbocycles. The number of phenolic OH excluding ortho intramolecular Hbond substituents is 2. The first-order valence-electron chi connectivity index (χ1n) is 17.4. The largest absolute Gasteiger partial charge is 2.00 e. The van der Waals surface area contributed by atoms with Crippen molar-refractivity contribution in [1.29, 1.82) is 0 Å². The van der Waals surface area contributed by atoms with E-state index in [1.807, 2.05) is 30.3 Å². The number of carboxylic acids is 2. The van der Waals surface area contributed by atoms with Crippen LogP contribution in [0, 0.1) is 10.8 Å². The van der Waals surface area contributed by atoms with Crippen LogP contribution in [0.2, 0.25) is 0 Å². The minimum Gasteiger partial charge on any atom is -0.550 e. The normalized spacial score (nSPS) is 12.0. The zero-order valence-corrected chi connectivity index (χ0v) is 35.3. The summed E-state index contributed by atoms with van der Waals surface area (Å²) in [6.07, 6.45) is 5.18. The number of ether oxygens (including phenoxy) is 1. The molecule has 9 nitrogen and oxygen atoms in total. The van der Waals surface area contributed by atoms with Gasteiger partial charge < -0.3 is 34.8 Å². The second-order valence-electron chi connectivity index (χ2n) is 17.5. The molecule has 10 heteroatoms. The predicted molar refractivity (Wildman–Crippen MR) is 209 cm³/mol. The summed E-state index contributed by atoms with van der Waals surface area (Å²) in [5.74, 6) is -1.03. The Morgan fingerprint density at radius 1 is 0.642 bits per heavy atom. The number of rotatable bonds is 7. The molecule has 1 radical (unpaired) electrons. The summed E-state index contributed by atoms with van der Waals surface area (Å²) in [7, 11) is 1.62. The second kappa shape index (κ2) is 19.8. The summed E-state index contributed by atoms with van der Waals surface area (Å²) < 4.78 is 5.51. The standard InChI is InChI=1S/C39H54N2O3.2C2H4O2.Co/c1-36(2,3)21-25-16-27(34(42)30(18-25)38(7,8)9)23-40-32-15-14-29(44-13)20-33(32)41-24-28-17-26(22-37(4,5)6)19-31(35(28)43)39(10,11)12;2*1-2(3)4;/h14-20,23-24,42-43H,21-22H2,1-13H3;2*1H3,(H,3,4);/q;;;+2/p-2. The van der Waals surface area contributed by atoms with Gasteiger partial charge in [0.2, 0.25) is 0 Å². The van der Waals surface area contributed by atoms with Crippen LogP contribution in [-0.2, 0) is 50.0 Å². The van der Waals surface area contributed by atoms with Crippen LogP contribution in [0.25, 0.3) is 0 Å². The number of carbonyl (C=O) groups is 2. The average Bonchev–Trinajstić information content (AvgIpc) is 2.94. The Labute approximate surface area is 327 Å². The number of benzene rings is 3. The van der Waals surface area contributed by atoms with Crippen molar-refractivity contribution >= 4 is 35.7 Å². The number of phenols is 2. The van der Waals surface area contributed by atoms with Crippen LogP contribution in [0.1, 0.15) is 130 Å². The van der Waals surface area contributed by atoms with Crippen LogP contribution in [0.4, 0.5) is 11.4 Å². The molecule has 0 atom stereocenters. The van der Waals surface area contributed by atoms with Gasteiger partial charge in [-0.15, -0.1) is 0 Å². The quantitative estimate of drug-likeness (QED) is 0.231. The van der Waals surface area contributed by atoms with E-state index in [-0.39, 0.29) is 49.9 Å². The first kappa shape index (κ1) is 48.8. The van der Waals surface area contributed by atoms with E-state index in [0.717, 1.165) is 48.9 Å². The summed E-state index contributed by atoms with van der Waals surface area (Å²) >= 11 is 0. The van der Waals surface area contributed by atoms with Gasteiger partial charge in [0.25, 0.3) is 0 Å². The smallest absolute Gasteiger partial charge is 0.550 e. The topological polar surface area (TPSA) is 155 Å². The maximum atomic E-state index is 11.3. The van der Waals surface area contributed by atoms with Crippen LogP contribution in [0.3, 0.4) is 0 Å². The molecule has 0 aliphatic heterocycles. The van der Waals surface area contributed by atoms with Crippen molar-refractivity contribution in [3.8, 4) is 17.2 Å². The Morgan fingerprint density at radius 2 is 0.981 bits per heavy atom. The fourth-order valence-electron chi connectivity index (χ4n) is 5.33. The number of carboxylic acid groups (broad SMARTS) is 2. The van der Waals surface area contributed by atoms with Gasteiger partial charge in [0.1, 0.15) is 17.2 Å². The fourth-order valence-corrected chi connectivity index (χ4v) is 5.33. The molecular formula is C43H60CoN2O7. The number of aromatic hydroxyl groups is 2. The summed E-state index contributed by atoms with van der Waals surface area (Å²) in [4.78, 5) is 27.4. The number of hydrogen-bond acceptors (Lipinski definition) is 9. The predicted octanol–water partition coefficient (Wildman–Crippen LogP) is 7.89. The molecule has 0 spiro atoms. The molecule has 2 N–H and O–H groups in total. The van der Waals surface area contributed by atoms with E-state index < -0.39 is 11.9 Å². The summed E-state index contributed by atoms with van der Waals surface area (Å²) in [6.45, 7) is 27.9. The number of carbonyl (C=O) groups excluding carboxylic acids is 2. The van der Waals surface area contributed by atoms with E-state index in [1.54, 1.807) is 19.5 Å². The van der Waals surface area contributed by atoms with Gasteiger partial charge >= 0.3 is 16.8 Å². The summed E-state index contributed by atoms with van der Waals surface area (Å²) in [5.41, 5.74) is 6.40. The summed E-state index contributed by atoms with van der Waals surface area (Å²) in [6, 6.07) is 13.8. The molecule has 0 saturated carbocycles. The van der Waals surface area contributed by atoms with Crippen molar-refractivity contribution in [2.24, 2.45) is 20.8 Å². The molecule has 3 aromatic rings. The molecule has 0 amide bonds. The third-order valence-electron chi connectivity index (χ3n) is 7.35. The van der Waals surface area contributed by atoms with E-state index in [0.29, 0.717) is 28.3 Å². The third-order valence-corrected chi connectivity index (χ3v) is 7.35. The van der Waals surface area contributed by atoms with Gasteiger partial charge in [-0.2, -0.15) is 0 Å². The Balaban J connectivity index is 0.00000272. The molecule has 293 valence electrons. The van der Waals surface area contributed by atoms with Crippen LogP contribution in [-0.4, -0.2) is 41.7 Å². The fraction of sp³-hybridized carbons (Fsp3) is 0.488. The third kappa shape index (κ3) is 18.0. The molecule has 0 aromatic heterocycles. The molecule has 53 heavy (non-hydrogen) atoms. The van der Waals surface area contributed by atoms with E-state index in [4.69, 9.17) is 34.5 Å². The second-order valence-corrected chi connectivity index (χ2v) is 17.5. The molecule has 0 heterocycles. The van der Waals surface area contributed by atoms with Crippen LogP contribution in [0.15, 0.2) is 52.4 Å². The maximum Gasteiger partial charge on any atom is 2.00 e. The van der Waals surface area contributed by atoms with Crippen molar-refractivity contribution in [2.45, 2.75) is 121 Å². The van der Waals surface area contributed by atoms with Gasteiger partial charge in [0.15, 0.2) is 0 Å². The Kier molecular flexibility index (Phi) is 18.2. The molecule has 0 aliphatic carbocycles. The van der Waals surface area contributed by atoms with Crippen LogP contribution >= 0.6 is 0 Å². The van der Waals surface area contributed by atoms with Crippen molar-refractivity contribution in [1.82, 2.24) is 0 Å². The van der Waals surface area contributed by atoms with Gasteiger partial charge in [-0.05, 0) is 83.7 Å². The minimum absolute atomic E-state index is 0. The number of nitrogens with zero attached hydrogens (tertiary/aromatic N) is 2. The minimum atomic E-state index is -1.08. The Morgan fingerprint density at radius 3 is 1.28 bits per heavy atom. The first-order chi connectivity index (χ1) is 23.5. The zero-order valence-electron chi connectivity index (χ0n) is 34.3. The number of methoxy groups -OCH3 is 1. The van der Waals surface area contributed by atoms with Crippen LogP contribution in [0.5, 0.6) is 17.2 Å². The van der Waals surface area contributed by atoms with Gasteiger partial charge in [0, 0.05) is 52.7 Å². The maximum absolute atomic E-state index is 11.3. The molecule has 0 bridgehead atoms. The van der Waals surface area contributed by atoms with Gasteiger partial charge in [0.05, 0.1) is 18.5 Å². The van der Waals surface area contributed by atoms with Gasteiger partial charge in [-0.1, -0.05) is 95.2 Å². The number of aliphatic carboxylic acids is 2. The van der Waals surface area contributed by atoms with Crippen LogP contribution < -0.4 is 14.9 Å². The van der Waals surface area contributed by atoms with E-state index in [1.165, 1.54) is 0 Å². The Bertz CT molecular complexity index is 1730. The van der Waals surface area contributed by atoms with Crippen molar-refractivity contribution in [2.75, 3.05) is 7.11 Å². The molecular weight excluding hydrogens is 715 g/mol. The molecule has 0 unspecified atom stereocenters. The zero-order chi connectivity index (χ0) is 40.4. The molecule has 0 fully saturated rings. The van der Waals surface area contributed by atoms with E-state index in [2.05, 4.69) is 95.2 Å². The Hall–Kier alpha value is -4.15. The summed E-state index contributed by atoms with van der Waals surface area (Å²) in [5, 5.41) is 40.4. The molecule has 0 saturated heterocycles. The first-order valence-corrected chi connectivity index (χ1v) is 17.4. The SMILES string of the molecule is CC(=O)[O-].CC(=O)[O-].COc1ccc(N=Cc2cc(CC(C)(C)C)cc(C(C)(C)C)c2O)c(N=Cc2cc(CC(C)(C)C)cc(C(C)(C)C)c2O)c1.[Co+2]. The molecule has 0 aliphatic rings. The number of hydrogen-bond donors (Lipinski definition) is 2. The van der Waals surface area contributed by atoms with Crippen molar-refractivity contribution in [3.05, 3.63) is 75.8 Å². The monoisotopic (exact) mass is 775 g/mol. The van der Waals surface area contributed by atoms with Gasteiger partial charge in [-0.3, -0.25) is 9.98 Å². The number of aliphatic imine (C=N–C) groups is 2. The average molecular weight is 776 g/mol. The van der Waals surface area contributed by atoms with E-state index >= 15 is 0 Å². The molecule has 3 rings (SSSR count). The van der Waals surface area contributed by atoms with Crippen molar-refractivity contribution < 1.29 is 51.5 Å². The van der Waals surface area contributed by atoms with Crippen molar-refractivity contribution in [3.63, 3.8) is 0 Å².